The predicted octanol–water partition coefficient (Wildman–Crippen LogP) is 13.2. The molecule has 4 heterocycles. The van der Waals surface area contributed by atoms with Gasteiger partial charge in [0.1, 0.15) is 0 Å². The van der Waals surface area contributed by atoms with Gasteiger partial charge in [-0.05, 0) is 222 Å². The van der Waals surface area contributed by atoms with Gasteiger partial charge in [-0.15, -0.1) is 0 Å². The molecule has 4 aliphatic heterocycles. The van der Waals surface area contributed by atoms with Crippen molar-refractivity contribution in [3.63, 3.8) is 0 Å². The maximum absolute atomic E-state index is 12.1. The van der Waals surface area contributed by atoms with Gasteiger partial charge in [0.15, 0.2) is 0 Å². The molecule has 16 heteroatoms. The van der Waals surface area contributed by atoms with Gasteiger partial charge in [0.25, 0.3) is 0 Å². The van der Waals surface area contributed by atoms with Crippen LogP contribution in [0.2, 0.25) is 0 Å². The Morgan fingerprint density at radius 2 is 0.812 bits per heavy atom. The van der Waals surface area contributed by atoms with Gasteiger partial charge in [0.05, 0.1) is 44.4 Å². The van der Waals surface area contributed by atoms with Gasteiger partial charge in [0.2, 0.25) is 29.5 Å². The van der Waals surface area contributed by atoms with Crippen LogP contribution in [0, 0.1) is 11.8 Å². The highest BCUT2D eigenvalue weighted by molar-refractivity contribution is 5.78. The summed E-state index contributed by atoms with van der Waals surface area (Å²) in [4.78, 5) is 79.4. The first kappa shape index (κ1) is 73.8. The summed E-state index contributed by atoms with van der Waals surface area (Å²) in [5, 5.41) is 15.5. The number of amides is 5. The number of unbranched alkanes of at least 4 members (excludes halogenated alkanes) is 1. The number of methoxy groups -OCH3 is 1. The maximum Gasteiger partial charge on any atom is 0.319 e. The molecule has 8 aliphatic rings. The van der Waals surface area contributed by atoms with Crippen LogP contribution in [0.1, 0.15) is 247 Å². The van der Waals surface area contributed by atoms with Crippen molar-refractivity contribution in [3.8, 4) is 0 Å². The minimum Gasteiger partial charge on any atom is -0.468 e. The van der Waals surface area contributed by atoms with E-state index in [4.69, 9.17) is 4.74 Å². The fourth-order valence-electron chi connectivity index (χ4n) is 17.7. The van der Waals surface area contributed by atoms with Crippen molar-refractivity contribution in [2.24, 2.45) is 11.8 Å². The Morgan fingerprint density at radius 3 is 1.19 bits per heavy atom. The highest BCUT2D eigenvalue weighted by Gasteiger charge is 2.48. The number of hydrogen-bond acceptors (Lipinski definition) is 11. The summed E-state index contributed by atoms with van der Waals surface area (Å²) >= 11 is 0. The molecule has 16 nitrogen and oxygen atoms in total. The van der Waals surface area contributed by atoms with E-state index < -0.39 is 0 Å². The van der Waals surface area contributed by atoms with E-state index in [1.807, 2.05) is 6.07 Å². The van der Waals surface area contributed by atoms with Crippen LogP contribution in [0.25, 0.3) is 0 Å². The smallest absolute Gasteiger partial charge is 0.319 e. The summed E-state index contributed by atoms with van der Waals surface area (Å²) in [7, 11) is 1.43. The number of rotatable bonds is 16. The second-order valence-corrected chi connectivity index (χ2v) is 30.3. The number of hydrogen-bond donors (Lipinski definition) is 5. The van der Waals surface area contributed by atoms with Crippen LogP contribution in [0.4, 0.5) is 0 Å². The molecule has 0 aromatic heterocycles. The number of carbonyl (C=O) groups excluding carboxylic acids is 6. The van der Waals surface area contributed by atoms with E-state index in [1.54, 1.807) is 27.7 Å². The van der Waals surface area contributed by atoms with Crippen LogP contribution in [0.3, 0.4) is 0 Å². The number of likely N-dealkylation sites (tertiary alicyclic amines) is 4. The normalized spacial score (nSPS) is 23.0. The van der Waals surface area contributed by atoms with Crippen LogP contribution in [0.5, 0.6) is 0 Å². The molecule has 5 atom stereocenters. The molecule has 0 radical (unpaired) electrons. The Morgan fingerprint density at radius 1 is 0.469 bits per heavy atom. The number of carbonyl (C=O) groups is 6. The van der Waals surface area contributed by atoms with Crippen molar-refractivity contribution < 1.29 is 40.6 Å². The van der Waals surface area contributed by atoms with Crippen molar-refractivity contribution in [1.29, 1.82) is 0 Å². The molecule has 96 heavy (non-hydrogen) atoms. The molecule has 5 N–H and O–H groups in total. The van der Waals surface area contributed by atoms with Crippen LogP contribution in [-0.4, -0.2) is 147 Å². The second-order valence-electron chi connectivity index (χ2n) is 30.3. The minimum atomic E-state index is -0.177. The monoisotopic (exact) mass is 1330 g/mol. The topological polar surface area (TPSA) is 185 Å². The fraction of sp³-hybridized carbons (Fsp3) is 0.625. The number of benzene rings is 4. The Kier molecular flexibility index (Phi) is 26.0. The highest BCUT2D eigenvalue weighted by Crippen LogP contribution is 2.53. The zero-order valence-electron chi connectivity index (χ0n) is 60.1. The number of nitrogens with zero attached hydrogens (tertiary/aromatic N) is 4. The van der Waals surface area contributed by atoms with E-state index in [9.17, 15) is 28.8 Å². The molecule has 12 rings (SSSR count). The molecule has 0 saturated carbocycles. The standard InChI is InChI=1S/C21H31N3O2.C21H32N2O.C20H30N2O.C18H24N2O3.5H2/c1-15(2)13-22-20(26)14-24-10-8-21(9-11-24)12-19(23-16(3)25)17-6-4-5-7-18(17)21;1-4-16(2)15-23-13-11-21(12-14-23)10-9-20(22-17(3)24)18-7-5-6-8-19(18)21;1-3-4-13-22-14-11-20(12-15-22)10-9-19(21-16(2)23)17-7-5-6-8-18(17)20;1-13(21)19-16-11-18(15-6-4-3-5-14(15)16)7-9-20(10-8-18)12-17(22)23-2;;;;;/h4-7,15,19H,8-14H2,1-3H3,(H,22,26)(H,23,25);5-8,16,20H,4,9-15H2,1-3H3,(H,22,24);5-8,19H,3-4,9-15H2,1-2H3,(H,21,23);3-6,16H,7-12H2,1-2H3,(H,19,21);5*1H/t19-;16-,20+;19-;16-;;;;;/m0100...../s1. The second kappa shape index (κ2) is 33.9. The molecule has 4 aromatic carbocycles. The van der Waals surface area contributed by atoms with Gasteiger partial charge in [-0.25, -0.2) is 0 Å². The molecule has 4 aromatic rings. The lowest BCUT2D eigenvalue weighted by Crippen LogP contribution is -2.47. The third-order valence-corrected chi connectivity index (χ3v) is 23.2. The minimum absolute atomic E-state index is 0. The van der Waals surface area contributed by atoms with Gasteiger partial charge in [0, 0.05) is 58.7 Å². The number of fused-ring (bicyclic) bond motifs is 8. The predicted molar refractivity (Wildman–Crippen MR) is 394 cm³/mol. The van der Waals surface area contributed by atoms with Crippen molar-refractivity contribution in [3.05, 3.63) is 142 Å². The van der Waals surface area contributed by atoms with Crippen LogP contribution in [0.15, 0.2) is 97.1 Å². The van der Waals surface area contributed by atoms with Gasteiger partial charge < -0.3 is 41.1 Å². The molecule has 4 aliphatic carbocycles. The Balaban J connectivity index is 0.000000281. The Bertz CT molecular complexity index is 3270. The van der Waals surface area contributed by atoms with Crippen LogP contribution < -0.4 is 26.6 Å². The molecule has 0 bridgehead atoms. The van der Waals surface area contributed by atoms with E-state index in [-0.39, 0.29) is 77.6 Å². The molecule has 4 fully saturated rings. The van der Waals surface area contributed by atoms with Crippen LogP contribution in [-0.2, 0) is 55.2 Å². The molecule has 4 saturated heterocycles. The Labute approximate surface area is 582 Å². The molecule has 4 spiro atoms. The number of ether oxygens (including phenoxy) is 1. The summed E-state index contributed by atoms with van der Waals surface area (Å²) < 4.78 is 4.76. The van der Waals surface area contributed by atoms with E-state index in [0.717, 1.165) is 90.0 Å². The fourth-order valence-corrected chi connectivity index (χ4v) is 17.7. The maximum atomic E-state index is 12.1. The van der Waals surface area contributed by atoms with Crippen molar-refractivity contribution in [2.75, 3.05) is 92.2 Å². The highest BCUT2D eigenvalue weighted by atomic mass is 16.5. The van der Waals surface area contributed by atoms with Gasteiger partial charge in [-0.2, -0.15) is 0 Å². The lowest BCUT2D eigenvalue weighted by Gasteiger charge is -2.47. The van der Waals surface area contributed by atoms with Gasteiger partial charge >= 0.3 is 5.97 Å². The van der Waals surface area contributed by atoms with E-state index in [0.29, 0.717) is 29.8 Å². The average molecular weight is 1330 g/mol. The third-order valence-electron chi connectivity index (χ3n) is 23.2. The Hall–Kier alpha value is -6.46. The summed E-state index contributed by atoms with van der Waals surface area (Å²) in [6.45, 7) is 30.1. The summed E-state index contributed by atoms with van der Waals surface area (Å²) in [5.74, 6) is 1.42. The summed E-state index contributed by atoms with van der Waals surface area (Å²) in [6.07, 6.45) is 19.5. The third kappa shape index (κ3) is 18.4. The van der Waals surface area contributed by atoms with E-state index in [1.165, 1.54) is 149 Å². The zero-order chi connectivity index (χ0) is 68.6. The van der Waals surface area contributed by atoms with Gasteiger partial charge in [-0.1, -0.05) is 145 Å². The number of nitrogens with one attached hydrogen (secondary N) is 5. The zero-order valence-corrected chi connectivity index (χ0v) is 60.1. The average Bonchev–Trinajstić information content (AvgIpc) is 1.03. The van der Waals surface area contributed by atoms with E-state index >= 15 is 0 Å². The lowest BCUT2D eigenvalue weighted by atomic mass is 9.63. The molecule has 534 valence electrons. The van der Waals surface area contributed by atoms with Crippen molar-refractivity contribution in [1.82, 2.24) is 46.2 Å². The van der Waals surface area contributed by atoms with Gasteiger partial charge in [-0.3, -0.25) is 38.6 Å². The molecular weight excluding hydrogens is 1200 g/mol. The van der Waals surface area contributed by atoms with Crippen LogP contribution >= 0.6 is 0 Å². The molecule has 5 amide bonds. The summed E-state index contributed by atoms with van der Waals surface area (Å²) in [6, 6.07) is 35.2. The van der Waals surface area contributed by atoms with E-state index in [2.05, 4.69) is 172 Å². The first-order valence-electron chi connectivity index (χ1n) is 36.8. The van der Waals surface area contributed by atoms with Crippen molar-refractivity contribution in [2.45, 2.75) is 217 Å². The summed E-state index contributed by atoms with van der Waals surface area (Å²) in [5.41, 5.74) is 11.9. The number of esters is 1. The molecular formula is C80H127N9O7. The molecule has 0 unspecified atom stereocenters. The quantitative estimate of drug-likeness (QED) is 0.0673. The first-order valence-corrected chi connectivity index (χ1v) is 36.8. The first-order chi connectivity index (χ1) is 46.1. The largest absolute Gasteiger partial charge is 0.468 e. The van der Waals surface area contributed by atoms with Crippen molar-refractivity contribution >= 4 is 35.5 Å². The number of piperidine rings is 4. The lowest BCUT2D eigenvalue weighted by molar-refractivity contribution is -0.142. The SMILES string of the molecule is CC(=O)N[C@H]1CC2(CCN(CC(=O)NCC(C)C)CC2)c2ccccc21.CCCCN1CCC2(CC[C@H](NC(C)=O)c3ccccc32)CC1.CC[C@@H](C)CN1CCC2(CC[C@H](NC(C)=O)c3ccccc32)CC1.COC(=O)CN1CCC2(CC1)C[C@H](NC(C)=O)c1ccccc12.[HH].[HH].[HH].[HH].[HH].